The minimum absolute atomic E-state index is 0.402. The van der Waals surface area contributed by atoms with Crippen LogP contribution in [0.4, 0.5) is 17.1 Å². The number of hydrogen-bond acceptors (Lipinski definition) is 6. The van der Waals surface area contributed by atoms with Crippen LogP contribution >= 0.6 is 0 Å². The van der Waals surface area contributed by atoms with E-state index in [0.717, 1.165) is 5.56 Å². The predicted octanol–water partition coefficient (Wildman–Crippen LogP) is 4.69. The SMILES string of the molecule is Cc1ccccc1C(=O)ONc1ccc(N=NC(=O)c2ccc(N)cc2)cc1. The van der Waals surface area contributed by atoms with Crippen LogP contribution in [0, 0.1) is 6.92 Å². The lowest BCUT2D eigenvalue weighted by Gasteiger charge is -2.08. The molecule has 1 amide bonds. The van der Waals surface area contributed by atoms with Crippen LogP contribution < -0.4 is 11.2 Å². The van der Waals surface area contributed by atoms with Crippen LogP contribution in [0.5, 0.6) is 0 Å². The van der Waals surface area contributed by atoms with Gasteiger partial charge < -0.3 is 10.6 Å². The highest BCUT2D eigenvalue weighted by molar-refractivity contribution is 5.95. The lowest BCUT2D eigenvalue weighted by Crippen LogP contribution is -2.11. The monoisotopic (exact) mass is 374 g/mol. The maximum absolute atomic E-state index is 12.1. The van der Waals surface area contributed by atoms with E-state index in [2.05, 4.69) is 15.7 Å². The topological polar surface area (TPSA) is 106 Å². The molecule has 0 unspecified atom stereocenters. The molecule has 0 aromatic heterocycles. The molecule has 3 N–H and O–H groups in total. The van der Waals surface area contributed by atoms with Crippen LogP contribution in [0.2, 0.25) is 0 Å². The number of rotatable bonds is 5. The molecule has 0 fully saturated rings. The Morgan fingerprint density at radius 3 is 2.29 bits per heavy atom. The fourth-order valence-corrected chi connectivity index (χ4v) is 2.34. The number of carbonyl (C=O) groups is 2. The molecule has 28 heavy (non-hydrogen) atoms. The molecule has 0 aliphatic rings. The van der Waals surface area contributed by atoms with Gasteiger partial charge in [-0.15, -0.1) is 10.2 Å². The largest absolute Gasteiger partial charge is 0.399 e. The molecule has 0 aliphatic heterocycles. The van der Waals surface area contributed by atoms with Gasteiger partial charge in [0, 0.05) is 11.3 Å². The molecular weight excluding hydrogens is 356 g/mol. The van der Waals surface area contributed by atoms with Gasteiger partial charge in [0.15, 0.2) is 0 Å². The van der Waals surface area contributed by atoms with Gasteiger partial charge in [-0.05, 0) is 67.1 Å². The molecule has 0 radical (unpaired) electrons. The zero-order chi connectivity index (χ0) is 19.9. The Bertz CT molecular complexity index is 1010. The summed E-state index contributed by atoms with van der Waals surface area (Å²) in [4.78, 5) is 29.1. The third kappa shape index (κ3) is 4.79. The van der Waals surface area contributed by atoms with E-state index in [1.807, 2.05) is 19.1 Å². The van der Waals surface area contributed by atoms with E-state index in [1.54, 1.807) is 60.7 Å². The molecular formula is C21H18N4O3. The van der Waals surface area contributed by atoms with Crippen molar-refractivity contribution in [1.29, 1.82) is 0 Å². The molecule has 3 rings (SSSR count). The first kappa shape index (κ1) is 18.8. The average molecular weight is 374 g/mol. The smallest absolute Gasteiger partial charge is 0.363 e. The fraction of sp³-hybridized carbons (Fsp3) is 0.0476. The standard InChI is InChI=1S/C21H18N4O3/c1-14-4-2-3-5-19(14)21(27)28-25-18-12-10-17(11-13-18)23-24-20(26)15-6-8-16(22)9-7-15/h2-13,25H,22H2,1H3. The summed E-state index contributed by atoms with van der Waals surface area (Å²) in [6.07, 6.45) is 0. The maximum Gasteiger partial charge on any atom is 0.363 e. The quantitative estimate of drug-likeness (QED) is 0.383. The number of nitrogens with two attached hydrogens (primary N) is 1. The number of anilines is 2. The van der Waals surface area contributed by atoms with Crippen LogP contribution in [-0.2, 0) is 4.84 Å². The number of nitrogens with zero attached hydrogens (tertiary/aromatic N) is 2. The summed E-state index contributed by atoms with van der Waals surface area (Å²) in [5.74, 6) is -0.940. The summed E-state index contributed by atoms with van der Waals surface area (Å²) in [7, 11) is 0. The summed E-state index contributed by atoms with van der Waals surface area (Å²) in [5.41, 5.74) is 11.5. The molecule has 3 aromatic carbocycles. The Morgan fingerprint density at radius 1 is 0.929 bits per heavy atom. The van der Waals surface area contributed by atoms with Gasteiger partial charge in [0.25, 0.3) is 5.91 Å². The number of nitrogens with one attached hydrogen (secondary N) is 1. The van der Waals surface area contributed by atoms with E-state index >= 15 is 0 Å². The predicted molar refractivity (Wildman–Crippen MR) is 106 cm³/mol. The van der Waals surface area contributed by atoms with Gasteiger partial charge in [-0.25, -0.2) is 10.3 Å². The van der Waals surface area contributed by atoms with Crippen LogP contribution in [0.15, 0.2) is 83.0 Å². The average Bonchev–Trinajstić information content (AvgIpc) is 2.72. The van der Waals surface area contributed by atoms with Crippen molar-refractivity contribution >= 4 is 28.9 Å². The molecule has 0 saturated carbocycles. The van der Waals surface area contributed by atoms with Gasteiger partial charge in [-0.2, -0.15) is 0 Å². The Labute approximate surface area is 161 Å². The molecule has 7 heteroatoms. The van der Waals surface area contributed by atoms with Crippen molar-refractivity contribution in [1.82, 2.24) is 0 Å². The lowest BCUT2D eigenvalue weighted by atomic mass is 10.1. The molecule has 0 heterocycles. The first-order chi connectivity index (χ1) is 13.5. The molecule has 0 saturated heterocycles. The summed E-state index contributed by atoms with van der Waals surface area (Å²) < 4.78 is 0. The van der Waals surface area contributed by atoms with Crippen molar-refractivity contribution in [2.75, 3.05) is 11.2 Å². The van der Waals surface area contributed by atoms with Crippen molar-refractivity contribution in [3.63, 3.8) is 0 Å². The Hall–Kier alpha value is -4.00. The number of aryl methyl sites for hydroxylation is 1. The zero-order valence-electron chi connectivity index (χ0n) is 15.1. The first-order valence-electron chi connectivity index (χ1n) is 8.47. The van der Waals surface area contributed by atoms with Crippen molar-refractivity contribution in [2.45, 2.75) is 6.92 Å². The normalized spacial score (nSPS) is 10.6. The summed E-state index contributed by atoms with van der Waals surface area (Å²) >= 11 is 0. The second kappa shape index (κ2) is 8.59. The third-order valence-electron chi connectivity index (χ3n) is 3.91. The van der Waals surface area contributed by atoms with E-state index in [9.17, 15) is 9.59 Å². The number of benzene rings is 3. The van der Waals surface area contributed by atoms with Crippen molar-refractivity contribution in [2.24, 2.45) is 10.2 Å². The number of carbonyl (C=O) groups excluding carboxylic acids is 2. The minimum atomic E-state index is -0.476. The second-order valence-corrected chi connectivity index (χ2v) is 5.98. The van der Waals surface area contributed by atoms with Gasteiger partial charge in [-0.3, -0.25) is 4.79 Å². The highest BCUT2D eigenvalue weighted by atomic mass is 16.7. The van der Waals surface area contributed by atoms with E-state index in [-0.39, 0.29) is 0 Å². The van der Waals surface area contributed by atoms with E-state index < -0.39 is 11.9 Å². The number of nitrogen functional groups attached to an aromatic ring is 1. The zero-order valence-corrected chi connectivity index (χ0v) is 15.1. The molecule has 0 spiro atoms. The number of azo groups is 1. The molecule has 7 nitrogen and oxygen atoms in total. The van der Waals surface area contributed by atoms with Gasteiger partial charge in [-0.1, -0.05) is 18.2 Å². The summed E-state index contributed by atoms with van der Waals surface area (Å²) in [6, 6.07) is 20.2. The first-order valence-corrected chi connectivity index (χ1v) is 8.47. The Morgan fingerprint density at radius 2 is 1.61 bits per heavy atom. The highest BCUT2D eigenvalue weighted by Gasteiger charge is 2.10. The highest BCUT2D eigenvalue weighted by Crippen LogP contribution is 2.18. The van der Waals surface area contributed by atoms with Crippen molar-refractivity contribution < 1.29 is 14.4 Å². The second-order valence-electron chi connectivity index (χ2n) is 5.98. The van der Waals surface area contributed by atoms with Crippen LogP contribution in [-0.4, -0.2) is 11.9 Å². The molecule has 3 aromatic rings. The molecule has 0 aliphatic carbocycles. The maximum atomic E-state index is 12.1. The lowest BCUT2D eigenvalue weighted by molar-refractivity contribution is 0.0595. The van der Waals surface area contributed by atoms with E-state index in [1.165, 1.54) is 0 Å². The summed E-state index contributed by atoms with van der Waals surface area (Å²) in [6.45, 7) is 1.84. The van der Waals surface area contributed by atoms with Crippen LogP contribution in [0.1, 0.15) is 26.3 Å². The van der Waals surface area contributed by atoms with Gasteiger partial charge in [0.2, 0.25) is 0 Å². The fourth-order valence-electron chi connectivity index (χ4n) is 2.34. The van der Waals surface area contributed by atoms with Gasteiger partial charge in [0.05, 0.1) is 16.9 Å². The van der Waals surface area contributed by atoms with Crippen molar-refractivity contribution in [3.05, 3.63) is 89.5 Å². The molecule has 0 atom stereocenters. The van der Waals surface area contributed by atoms with E-state index in [0.29, 0.717) is 28.2 Å². The Kier molecular flexibility index (Phi) is 5.76. The van der Waals surface area contributed by atoms with Crippen LogP contribution in [0.3, 0.4) is 0 Å². The summed E-state index contributed by atoms with van der Waals surface area (Å²) in [5, 5.41) is 7.60. The van der Waals surface area contributed by atoms with Crippen molar-refractivity contribution in [3.8, 4) is 0 Å². The van der Waals surface area contributed by atoms with Gasteiger partial charge in [0.1, 0.15) is 0 Å². The van der Waals surface area contributed by atoms with Gasteiger partial charge >= 0.3 is 5.97 Å². The Balaban J connectivity index is 1.57. The van der Waals surface area contributed by atoms with E-state index in [4.69, 9.17) is 10.6 Å². The minimum Gasteiger partial charge on any atom is -0.399 e. The number of amides is 1. The van der Waals surface area contributed by atoms with Crippen LogP contribution in [0.25, 0.3) is 0 Å². The number of hydrogen-bond donors (Lipinski definition) is 2. The third-order valence-corrected chi connectivity index (χ3v) is 3.91. The molecule has 0 bridgehead atoms. The molecule has 140 valence electrons.